The third-order valence-electron chi connectivity index (χ3n) is 3.04. The molecule has 6 nitrogen and oxygen atoms in total. The smallest absolute Gasteiger partial charge is 0.355 e. The van der Waals surface area contributed by atoms with Gasteiger partial charge in [-0.3, -0.25) is 10.1 Å². The van der Waals surface area contributed by atoms with Crippen molar-refractivity contribution in [3.63, 3.8) is 0 Å². The molecule has 0 saturated heterocycles. The first-order valence-corrected chi connectivity index (χ1v) is 6.54. The van der Waals surface area contributed by atoms with Crippen molar-refractivity contribution in [2.75, 3.05) is 0 Å². The Bertz CT molecular complexity index is 696. The molecule has 0 fully saturated rings. The summed E-state index contributed by atoms with van der Waals surface area (Å²) < 4.78 is 6.67. The third kappa shape index (κ3) is 3.22. The highest BCUT2D eigenvalue weighted by molar-refractivity contribution is 6.31. The van der Waals surface area contributed by atoms with Gasteiger partial charge in [-0.1, -0.05) is 29.8 Å². The van der Waals surface area contributed by atoms with Crippen LogP contribution in [0.5, 0.6) is 0 Å². The number of aromatic nitrogens is 1. The molecule has 110 valence electrons. The zero-order chi connectivity index (χ0) is 15.6. The van der Waals surface area contributed by atoms with Crippen LogP contribution in [0.3, 0.4) is 0 Å². The van der Waals surface area contributed by atoms with Crippen molar-refractivity contribution < 1.29 is 14.5 Å². The number of benzene rings is 1. The highest BCUT2D eigenvalue weighted by Crippen LogP contribution is 2.26. The van der Waals surface area contributed by atoms with E-state index in [4.69, 9.17) is 16.3 Å². The second-order valence-corrected chi connectivity index (χ2v) is 4.93. The van der Waals surface area contributed by atoms with E-state index in [-0.39, 0.29) is 11.4 Å². The Hall–Kier alpha value is -2.34. The van der Waals surface area contributed by atoms with E-state index in [9.17, 15) is 14.9 Å². The number of aryl methyl sites for hydroxylation is 1. The molecular formula is C14H13ClN2O4. The Labute approximate surface area is 126 Å². The molecule has 7 heteroatoms. The van der Waals surface area contributed by atoms with Crippen LogP contribution in [0, 0.1) is 10.1 Å². The minimum atomic E-state index is -0.641. The molecule has 0 saturated carbocycles. The quantitative estimate of drug-likeness (QED) is 0.492. The van der Waals surface area contributed by atoms with Crippen molar-refractivity contribution in [2.45, 2.75) is 13.0 Å². The average Bonchev–Trinajstić information content (AvgIpc) is 2.81. The van der Waals surface area contributed by atoms with Gasteiger partial charge in [0.1, 0.15) is 11.8 Å². The molecule has 0 spiro atoms. The summed E-state index contributed by atoms with van der Waals surface area (Å²) in [5, 5.41) is 11.2. The summed E-state index contributed by atoms with van der Waals surface area (Å²) in [4.78, 5) is 22.2. The molecule has 0 aliphatic heterocycles. The van der Waals surface area contributed by atoms with Crippen LogP contribution in [0.25, 0.3) is 0 Å². The summed E-state index contributed by atoms with van der Waals surface area (Å²) in [5.74, 6) is -0.641. The summed E-state index contributed by atoms with van der Waals surface area (Å²) in [6, 6.07) is 8.21. The maximum Gasteiger partial charge on any atom is 0.355 e. The van der Waals surface area contributed by atoms with E-state index < -0.39 is 17.0 Å². The van der Waals surface area contributed by atoms with Gasteiger partial charge in [0.2, 0.25) is 0 Å². The van der Waals surface area contributed by atoms with Gasteiger partial charge in [-0.05, 0) is 13.0 Å². The molecule has 0 amide bonds. The number of nitrogens with zero attached hydrogens (tertiary/aromatic N) is 2. The van der Waals surface area contributed by atoms with Gasteiger partial charge in [0, 0.05) is 23.7 Å². The highest BCUT2D eigenvalue weighted by atomic mass is 35.5. The summed E-state index contributed by atoms with van der Waals surface area (Å²) in [7, 11) is 1.55. The van der Waals surface area contributed by atoms with Gasteiger partial charge in [-0.25, -0.2) is 4.79 Å². The second kappa shape index (κ2) is 5.97. The summed E-state index contributed by atoms with van der Waals surface area (Å²) in [5.41, 5.74) is 0.631. The molecule has 0 bridgehead atoms. The minimum absolute atomic E-state index is 0.112. The van der Waals surface area contributed by atoms with E-state index in [1.165, 1.54) is 16.8 Å². The lowest BCUT2D eigenvalue weighted by atomic mass is 10.1. The molecule has 0 radical (unpaired) electrons. The topological polar surface area (TPSA) is 74.4 Å². The van der Waals surface area contributed by atoms with E-state index in [0.717, 1.165) is 0 Å². The first-order chi connectivity index (χ1) is 9.90. The van der Waals surface area contributed by atoms with Crippen molar-refractivity contribution >= 4 is 23.3 Å². The molecule has 2 rings (SSSR count). The molecular weight excluding hydrogens is 296 g/mol. The highest BCUT2D eigenvalue weighted by Gasteiger charge is 2.21. The number of carbonyl (C=O) groups excluding carboxylic acids is 1. The fourth-order valence-corrected chi connectivity index (χ4v) is 2.23. The van der Waals surface area contributed by atoms with Crippen LogP contribution in [0.1, 0.15) is 29.1 Å². The Balaban J connectivity index is 2.18. The molecule has 1 heterocycles. The lowest BCUT2D eigenvalue weighted by Crippen LogP contribution is -2.12. The standard InChI is InChI=1S/C14H13ClN2O4/c1-9(11-5-3-4-6-12(11)15)21-14(18)13-7-10(17(19)20)8-16(13)2/h3-9H,1-2H3. The average molecular weight is 309 g/mol. The van der Waals surface area contributed by atoms with Gasteiger partial charge >= 0.3 is 5.97 Å². The predicted molar refractivity (Wildman–Crippen MR) is 77.3 cm³/mol. The number of hydrogen-bond donors (Lipinski definition) is 0. The zero-order valence-electron chi connectivity index (χ0n) is 11.4. The molecule has 1 aromatic carbocycles. The van der Waals surface area contributed by atoms with E-state index in [1.54, 1.807) is 38.2 Å². The largest absolute Gasteiger partial charge is 0.453 e. The molecule has 21 heavy (non-hydrogen) atoms. The SMILES string of the molecule is CC(OC(=O)c1cc([N+](=O)[O-])cn1C)c1ccccc1Cl. The monoisotopic (exact) mass is 308 g/mol. The number of halogens is 1. The van der Waals surface area contributed by atoms with E-state index in [2.05, 4.69) is 0 Å². The van der Waals surface area contributed by atoms with Crippen LogP contribution in [-0.2, 0) is 11.8 Å². The molecule has 0 aliphatic rings. The maximum atomic E-state index is 12.1. The fraction of sp³-hybridized carbons (Fsp3) is 0.214. The molecule has 2 aromatic rings. The maximum absolute atomic E-state index is 12.1. The van der Waals surface area contributed by atoms with Gasteiger partial charge in [-0.2, -0.15) is 0 Å². The van der Waals surface area contributed by atoms with Crippen molar-refractivity contribution in [1.82, 2.24) is 4.57 Å². The Morgan fingerprint density at radius 3 is 2.67 bits per heavy atom. The molecule has 0 aliphatic carbocycles. The van der Waals surface area contributed by atoms with Crippen molar-refractivity contribution in [3.05, 3.63) is 62.9 Å². The number of carbonyl (C=O) groups is 1. The van der Waals surface area contributed by atoms with E-state index in [0.29, 0.717) is 10.6 Å². The number of hydrogen-bond acceptors (Lipinski definition) is 4. The van der Waals surface area contributed by atoms with Crippen molar-refractivity contribution in [3.8, 4) is 0 Å². The third-order valence-corrected chi connectivity index (χ3v) is 3.38. The summed E-state index contributed by atoms with van der Waals surface area (Å²) in [6.07, 6.45) is 0.705. The molecule has 1 atom stereocenters. The lowest BCUT2D eigenvalue weighted by molar-refractivity contribution is -0.384. The first-order valence-electron chi connectivity index (χ1n) is 6.16. The van der Waals surface area contributed by atoms with Crippen LogP contribution < -0.4 is 0 Å². The van der Waals surface area contributed by atoms with E-state index >= 15 is 0 Å². The van der Waals surface area contributed by atoms with Crippen LogP contribution in [0.4, 0.5) is 5.69 Å². The molecule has 0 N–H and O–H groups in total. The second-order valence-electron chi connectivity index (χ2n) is 4.52. The number of rotatable bonds is 4. The van der Waals surface area contributed by atoms with Gasteiger partial charge in [0.05, 0.1) is 11.1 Å². The summed E-state index contributed by atoms with van der Waals surface area (Å²) in [6.45, 7) is 1.69. The van der Waals surface area contributed by atoms with Gasteiger partial charge < -0.3 is 9.30 Å². The zero-order valence-corrected chi connectivity index (χ0v) is 12.2. The molecule has 1 aromatic heterocycles. The Morgan fingerprint density at radius 2 is 2.10 bits per heavy atom. The number of nitro groups is 1. The first kappa shape index (κ1) is 15.1. The van der Waals surface area contributed by atoms with Crippen LogP contribution in [0.15, 0.2) is 36.5 Å². The van der Waals surface area contributed by atoms with Gasteiger partial charge in [-0.15, -0.1) is 0 Å². The van der Waals surface area contributed by atoms with Crippen molar-refractivity contribution in [2.24, 2.45) is 7.05 Å². The number of ether oxygens (including phenoxy) is 1. The minimum Gasteiger partial charge on any atom is -0.453 e. The van der Waals surface area contributed by atoms with Gasteiger partial charge in [0.25, 0.3) is 5.69 Å². The van der Waals surface area contributed by atoms with Crippen LogP contribution in [-0.4, -0.2) is 15.5 Å². The Kier molecular flexibility index (Phi) is 4.28. The van der Waals surface area contributed by atoms with Crippen LogP contribution in [0.2, 0.25) is 5.02 Å². The van der Waals surface area contributed by atoms with Crippen molar-refractivity contribution in [1.29, 1.82) is 0 Å². The Morgan fingerprint density at radius 1 is 1.43 bits per heavy atom. The number of esters is 1. The van der Waals surface area contributed by atoms with Crippen LogP contribution >= 0.6 is 11.6 Å². The van der Waals surface area contributed by atoms with E-state index in [1.807, 2.05) is 0 Å². The normalized spacial score (nSPS) is 12.0. The molecule has 1 unspecified atom stereocenters. The lowest BCUT2D eigenvalue weighted by Gasteiger charge is -2.14. The summed E-state index contributed by atoms with van der Waals surface area (Å²) >= 11 is 6.04. The fourth-order valence-electron chi connectivity index (χ4n) is 1.94. The predicted octanol–water partition coefficient (Wildman–Crippen LogP) is 3.50. The van der Waals surface area contributed by atoms with Gasteiger partial charge in [0.15, 0.2) is 0 Å².